The van der Waals surface area contributed by atoms with Crippen LogP contribution in [0, 0.1) is 12.3 Å². The number of amides is 3. The maximum atomic E-state index is 11.7. The Kier molecular flexibility index (Phi) is 7.26. The highest BCUT2D eigenvalue weighted by Crippen LogP contribution is 2.17. The van der Waals surface area contributed by atoms with Crippen molar-refractivity contribution in [1.29, 1.82) is 0 Å². The molecule has 3 amide bonds. The third kappa shape index (κ3) is 7.32. The lowest BCUT2D eigenvalue weighted by molar-refractivity contribution is -0.138. The Morgan fingerprint density at radius 1 is 1.19 bits per heavy atom. The van der Waals surface area contributed by atoms with E-state index in [-0.39, 0.29) is 25.7 Å². The third-order valence-corrected chi connectivity index (χ3v) is 3.23. The zero-order valence-corrected chi connectivity index (χ0v) is 11.9. The average Bonchev–Trinajstić information content (AvgIpc) is 2.38. The second-order valence-corrected chi connectivity index (χ2v) is 5.10. The summed E-state index contributed by atoms with van der Waals surface area (Å²) in [6.45, 7) is -0.541. The number of nitrogens with one attached hydrogen (secondary N) is 2. The lowest BCUT2D eigenvalue weighted by atomic mass is 9.96. The van der Waals surface area contributed by atoms with E-state index in [1.54, 1.807) is 0 Å². The van der Waals surface area contributed by atoms with Gasteiger partial charge in [0.2, 0.25) is 5.91 Å². The largest absolute Gasteiger partial charge is 0.480 e. The van der Waals surface area contributed by atoms with E-state index in [4.69, 9.17) is 11.5 Å². The SMILES string of the molecule is C#CCN(CC(=O)O)CC(=O)NC(=O)NC1CCCCC1. The van der Waals surface area contributed by atoms with Crippen LogP contribution in [0.5, 0.6) is 0 Å². The van der Waals surface area contributed by atoms with Crippen LogP contribution in [-0.2, 0) is 9.59 Å². The molecule has 0 unspecified atom stereocenters. The molecule has 0 saturated heterocycles. The van der Waals surface area contributed by atoms with Gasteiger partial charge >= 0.3 is 12.0 Å². The normalized spacial score (nSPS) is 15.2. The molecule has 1 saturated carbocycles. The number of imide groups is 1. The van der Waals surface area contributed by atoms with E-state index in [1.807, 2.05) is 0 Å². The van der Waals surface area contributed by atoms with Crippen molar-refractivity contribution in [1.82, 2.24) is 15.5 Å². The van der Waals surface area contributed by atoms with E-state index in [0.717, 1.165) is 25.7 Å². The van der Waals surface area contributed by atoms with E-state index < -0.39 is 17.9 Å². The first-order valence-corrected chi connectivity index (χ1v) is 6.99. The minimum absolute atomic E-state index is 0.0317. The molecule has 1 rings (SSSR count). The fraction of sp³-hybridized carbons (Fsp3) is 0.643. The summed E-state index contributed by atoms with van der Waals surface area (Å²) in [5.74, 6) is 0.631. The number of urea groups is 1. The number of nitrogens with zero attached hydrogens (tertiary/aromatic N) is 1. The summed E-state index contributed by atoms with van der Waals surface area (Å²) in [6.07, 6.45) is 10.3. The highest BCUT2D eigenvalue weighted by molar-refractivity contribution is 5.95. The number of carboxylic acid groups (broad SMARTS) is 1. The summed E-state index contributed by atoms with van der Waals surface area (Å²) in [4.78, 5) is 35.3. The molecule has 116 valence electrons. The molecule has 7 nitrogen and oxygen atoms in total. The van der Waals surface area contributed by atoms with Crippen LogP contribution < -0.4 is 10.6 Å². The van der Waals surface area contributed by atoms with Crippen LogP contribution in [0.25, 0.3) is 0 Å². The first kappa shape index (κ1) is 17.0. The molecule has 0 aromatic carbocycles. The van der Waals surface area contributed by atoms with Crippen molar-refractivity contribution in [2.45, 2.75) is 38.1 Å². The molecule has 0 aliphatic heterocycles. The molecule has 0 atom stereocenters. The van der Waals surface area contributed by atoms with Gasteiger partial charge < -0.3 is 10.4 Å². The number of carbonyl (C=O) groups is 3. The van der Waals surface area contributed by atoms with Gasteiger partial charge in [-0.1, -0.05) is 25.2 Å². The van der Waals surface area contributed by atoms with Crippen LogP contribution in [0.15, 0.2) is 0 Å². The highest BCUT2D eigenvalue weighted by atomic mass is 16.4. The first-order chi connectivity index (χ1) is 10.0. The lowest BCUT2D eigenvalue weighted by Crippen LogP contribution is -2.48. The molecule has 0 bridgehead atoms. The molecule has 1 aliphatic carbocycles. The number of hydrogen-bond donors (Lipinski definition) is 3. The molecule has 0 radical (unpaired) electrons. The van der Waals surface area contributed by atoms with Crippen molar-refractivity contribution >= 4 is 17.9 Å². The molecule has 0 aromatic rings. The smallest absolute Gasteiger partial charge is 0.321 e. The van der Waals surface area contributed by atoms with Gasteiger partial charge in [-0.2, -0.15) is 0 Å². The molecule has 0 aromatic heterocycles. The molecular formula is C14H21N3O4. The van der Waals surface area contributed by atoms with Gasteiger partial charge in [0, 0.05) is 6.04 Å². The van der Waals surface area contributed by atoms with Crippen molar-refractivity contribution in [3.05, 3.63) is 0 Å². The Bertz CT molecular complexity index is 424. The number of carboxylic acids is 1. The Morgan fingerprint density at radius 3 is 2.43 bits per heavy atom. The fourth-order valence-electron chi connectivity index (χ4n) is 2.33. The van der Waals surface area contributed by atoms with Crippen LogP contribution in [0.3, 0.4) is 0 Å². The van der Waals surface area contributed by atoms with E-state index in [0.29, 0.717) is 0 Å². The monoisotopic (exact) mass is 295 g/mol. The minimum atomic E-state index is -1.08. The van der Waals surface area contributed by atoms with Crippen molar-refractivity contribution in [2.24, 2.45) is 0 Å². The van der Waals surface area contributed by atoms with Gasteiger partial charge in [-0.25, -0.2) is 4.79 Å². The molecule has 0 spiro atoms. The van der Waals surface area contributed by atoms with E-state index in [1.165, 1.54) is 11.3 Å². The number of hydrogen-bond acceptors (Lipinski definition) is 4. The van der Waals surface area contributed by atoms with Gasteiger partial charge in [0.25, 0.3) is 0 Å². The quantitative estimate of drug-likeness (QED) is 0.607. The summed E-state index contributed by atoms with van der Waals surface area (Å²) in [6, 6.07) is -0.435. The van der Waals surface area contributed by atoms with Crippen molar-refractivity contribution in [2.75, 3.05) is 19.6 Å². The zero-order valence-electron chi connectivity index (χ0n) is 11.9. The third-order valence-electron chi connectivity index (χ3n) is 3.23. The summed E-state index contributed by atoms with van der Waals surface area (Å²) in [7, 11) is 0. The predicted molar refractivity (Wildman–Crippen MR) is 76.5 cm³/mol. The highest BCUT2D eigenvalue weighted by Gasteiger charge is 2.18. The second kappa shape index (κ2) is 8.97. The topological polar surface area (TPSA) is 98.7 Å². The van der Waals surface area contributed by atoms with Gasteiger partial charge in [-0.3, -0.25) is 19.8 Å². The number of terminal acetylenes is 1. The van der Waals surface area contributed by atoms with Gasteiger partial charge in [0.1, 0.15) is 0 Å². The number of carbonyl (C=O) groups excluding carboxylic acids is 2. The Hall–Kier alpha value is -2.07. The lowest BCUT2D eigenvalue weighted by Gasteiger charge is -2.23. The summed E-state index contributed by atoms with van der Waals surface area (Å²) in [5.41, 5.74) is 0. The maximum absolute atomic E-state index is 11.7. The predicted octanol–water partition coefficient (Wildman–Crippen LogP) is 0.165. The average molecular weight is 295 g/mol. The van der Waals surface area contributed by atoms with Crippen molar-refractivity contribution < 1.29 is 19.5 Å². The van der Waals surface area contributed by atoms with E-state index in [2.05, 4.69) is 16.6 Å². The maximum Gasteiger partial charge on any atom is 0.321 e. The molecule has 0 heterocycles. The number of rotatable bonds is 6. The van der Waals surface area contributed by atoms with Gasteiger partial charge in [0.05, 0.1) is 19.6 Å². The number of aliphatic carboxylic acids is 1. The molecule has 1 fully saturated rings. The minimum Gasteiger partial charge on any atom is -0.480 e. The summed E-state index contributed by atoms with van der Waals surface area (Å²) >= 11 is 0. The fourth-order valence-corrected chi connectivity index (χ4v) is 2.33. The van der Waals surface area contributed by atoms with Gasteiger partial charge in [-0.05, 0) is 12.8 Å². The zero-order chi connectivity index (χ0) is 15.7. The molecule has 21 heavy (non-hydrogen) atoms. The standard InChI is InChI=1S/C14H21N3O4/c1-2-8-17(10-13(19)20)9-12(18)16-14(21)15-11-6-4-3-5-7-11/h1,11H,3-10H2,(H,19,20)(H2,15,16,18,21). The summed E-state index contributed by atoms with van der Waals surface area (Å²) < 4.78 is 0. The van der Waals surface area contributed by atoms with Crippen LogP contribution >= 0.6 is 0 Å². The Labute approximate surface area is 124 Å². The van der Waals surface area contributed by atoms with Crippen molar-refractivity contribution in [3.63, 3.8) is 0 Å². The van der Waals surface area contributed by atoms with E-state index >= 15 is 0 Å². The van der Waals surface area contributed by atoms with Crippen LogP contribution in [-0.4, -0.2) is 53.6 Å². The summed E-state index contributed by atoms with van der Waals surface area (Å²) in [5, 5.41) is 13.6. The molecule has 3 N–H and O–H groups in total. The van der Waals surface area contributed by atoms with E-state index in [9.17, 15) is 14.4 Å². The second-order valence-electron chi connectivity index (χ2n) is 5.10. The first-order valence-electron chi connectivity index (χ1n) is 6.99. The van der Waals surface area contributed by atoms with Crippen molar-refractivity contribution in [3.8, 4) is 12.3 Å². The van der Waals surface area contributed by atoms with Gasteiger partial charge in [0.15, 0.2) is 0 Å². The van der Waals surface area contributed by atoms with Crippen LogP contribution in [0.2, 0.25) is 0 Å². The Balaban J connectivity index is 2.34. The Morgan fingerprint density at radius 2 is 1.86 bits per heavy atom. The molecule has 1 aliphatic rings. The van der Waals surface area contributed by atoms with Crippen LogP contribution in [0.1, 0.15) is 32.1 Å². The molecular weight excluding hydrogens is 274 g/mol. The van der Waals surface area contributed by atoms with Gasteiger partial charge in [-0.15, -0.1) is 6.42 Å². The molecule has 7 heteroatoms. The van der Waals surface area contributed by atoms with Crippen LogP contribution in [0.4, 0.5) is 4.79 Å².